The van der Waals surface area contributed by atoms with Gasteiger partial charge in [-0.3, -0.25) is 4.79 Å². The molecule has 0 aliphatic rings. The summed E-state index contributed by atoms with van der Waals surface area (Å²) in [5.74, 6) is 0.648. The van der Waals surface area contributed by atoms with Gasteiger partial charge in [0.15, 0.2) is 0 Å². The topological polar surface area (TPSA) is 29.1 Å². The normalized spacial score (nSPS) is 11.2. The number of benzene rings is 1. The van der Waals surface area contributed by atoms with E-state index < -0.39 is 0 Å². The van der Waals surface area contributed by atoms with Gasteiger partial charge in [-0.15, -0.1) is 11.6 Å². The largest absolute Gasteiger partial charge is 0.351 e. The predicted octanol–water partition coefficient (Wildman–Crippen LogP) is 3.14. The molecule has 1 amide bonds. The van der Waals surface area contributed by atoms with Crippen LogP contribution in [0.25, 0.3) is 0 Å². The Morgan fingerprint density at radius 2 is 1.94 bits per heavy atom. The van der Waals surface area contributed by atoms with Crippen LogP contribution in [0.1, 0.15) is 32.3 Å². The zero-order chi connectivity index (χ0) is 12.7. The first kappa shape index (κ1) is 14.0. The predicted molar refractivity (Wildman–Crippen MR) is 72.3 cm³/mol. The Hall–Kier alpha value is -1.02. The van der Waals surface area contributed by atoms with E-state index in [2.05, 4.69) is 5.32 Å². The number of aryl methyl sites for hydroxylation is 1. The molecule has 0 fully saturated rings. The first-order valence-electron chi connectivity index (χ1n) is 5.94. The van der Waals surface area contributed by atoms with E-state index in [-0.39, 0.29) is 11.4 Å². The van der Waals surface area contributed by atoms with Crippen molar-refractivity contribution in [2.45, 2.75) is 38.6 Å². The summed E-state index contributed by atoms with van der Waals surface area (Å²) >= 11 is 5.69. The molecular formula is C14H20ClNO. The van der Waals surface area contributed by atoms with Crippen molar-refractivity contribution in [3.63, 3.8) is 0 Å². The number of alkyl halides is 1. The van der Waals surface area contributed by atoms with Crippen LogP contribution in [0, 0.1) is 0 Å². The Morgan fingerprint density at radius 3 is 2.53 bits per heavy atom. The second-order valence-electron chi connectivity index (χ2n) is 4.86. The van der Waals surface area contributed by atoms with Crippen LogP contribution < -0.4 is 5.32 Å². The molecule has 0 heterocycles. The van der Waals surface area contributed by atoms with Crippen LogP contribution >= 0.6 is 11.6 Å². The van der Waals surface area contributed by atoms with Gasteiger partial charge < -0.3 is 5.32 Å². The third-order valence-corrected chi connectivity index (χ3v) is 2.87. The molecule has 0 saturated carbocycles. The second kappa shape index (κ2) is 6.65. The van der Waals surface area contributed by atoms with Crippen LogP contribution in [0.3, 0.4) is 0 Å². The van der Waals surface area contributed by atoms with Crippen molar-refractivity contribution in [3.8, 4) is 0 Å². The first-order valence-corrected chi connectivity index (χ1v) is 6.48. The average Bonchev–Trinajstić information content (AvgIpc) is 2.27. The van der Waals surface area contributed by atoms with E-state index in [1.54, 1.807) is 0 Å². The lowest BCUT2D eigenvalue weighted by atomic mass is 10.0. The molecule has 0 bridgehead atoms. The van der Waals surface area contributed by atoms with Gasteiger partial charge in [-0.05, 0) is 32.3 Å². The van der Waals surface area contributed by atoms with Crippen molar-refractivity contribution in [2.24, 2.45) is 0 Å². The Balaban J connectivity index is 2.35. The molecule has 0 saturated heterocycles. The number of hydrogen-bond donors (Lipinski definition) is 1. The average molecular weight is 254 g/mol. The SMILES string of the molecule is CC(C)(CCCl)NC(=O)CCc1ccccc1. The highest BCUT2D eigenvalue weighted by atomic mass is 35.5. The van der Waals surface area contributed by atoms with Gasteiger partial charge in [0.25, 0.3) is 0 Å². The fourth-order valence-corrected chi connectivity index (χ4v) is 2.11. The number of hydrogen-bond acceptors (Lipinski definition) is 1. The molecule has 3 heteroatoms. The molecule has 0 aliphatic heterocycles. The van der Waals surface area contributed by atoms with Gasteiger partial charge in [0, 0.05) is 17.8 Å². The van der Waals surface area contributed by atoms with Crippen LogP contribution in [0.5, 0.6) is 0 Å². The molecular weight excluding hydrogens is 234 g/mol. The smallest absolute Gasteiger partial charge is 0.220 e. The molecule has 1 aromatic carbocycles. The Labute approximate surface area is 108 Å². The summed E-state index contributed by atoms with van der Waals surface area (Å²) in [6.07, 6.45) is 2.09. The quantitative estimate of drug-likeness (QED) is 0.776. The zero-order valence-electron chi connectivity index (χ0n) is 10.5. The van der Waals surface area contributed by atoms with E-state index in [1.807, 2.05) is 44.2 Å². The van der Waals surface area contributed by atoms with Gasteiger partial charge in [-0.2, -0.15) is 0 Å². The lowest BCUT2D eigenvalue weighted by molar-refractivity contribution is -0.122. The number of halogens is 1. The highest BCUT2D eigenvalue weighted by Crippen LogP contribution is 2.10. The summed E-state index contributed by atoms with van der Waals surface area (Å²) in [6, 6.07) is 10.0. The maximum atomic E-state index is 11.8. The van der Waals surface area contributed by atoms with Crippen molar-refractivity contribution < 1.29 is 4.79 Å². The monoisotopic (exact) mass is 253 g/mol. The zero-order valence-corrected chi connectivity index (χ0v) is 11.3. The van der Waals surface area contributed by atoms with Crippen LogP contribution in [0.4, 0.5) is 0 Å². The summed E-state index contributed by atoms with van der Waals surface area (Å²) in [5.41, 5.74) is 0.980. The van der Waals surface area contributed by atoms with E-state index in [9.17, 15) is 4.79 Å². The maximum Gasteiger partial charge on any atom is 0.220 e. The van der Waals surface area contributed by atoms with E-state index in [0.29, 0.717) is 12.3 Å². The number of carbonyl (C=O) groups is 1. The van der Waals surface area contributed by atoms with Gasteiger partial charge in [0.05, 0.1) is 0 Å². The summed E-state index contributed by atoms with van der Waals surface area (Å²) in [5, 5.41) is 3.00. The molecule has 0 radical (unpaired) electrons. The van der Waals surface area contributed by atoms with E-state index in [1.165, 1.54) is 5.56 Å². The molecule has 1 rings (SSSR count). The molecule has 0 atom stereocenters. The van der Waals surface area contributed by atoms with Crippen molar-refractivity contribution in [1.29, 1.82) is 0 Å². The summed E-state index contributed by atoms with van der Waals surface area (Å²) in [4.78, 5) is 11.8. The third kappa shape index (κ3) is 5.73. The molecule has 17 heavy (non-hydrogen) atoms. The van der Waals surface area contributed by atoms with Gasteiger partial charge >= 0.3 is 0 Å². The number of carbonyl (C=O) groups excluding carboxylic acids is 1. The van der Waals surface area contributed by atoms with Gasteiger partial charge in [-0.1, -0.05) is 30.3 Å². The van der Waals surface area contributed by atoms with Crippen LogP contribution in [-0.2, 0) is 11.2 Å². The summed E-state index contributed by atoms with van der Waals surface area (Å²) < 4.78 is 0. The van der Waals surface area contributed by atoms with Crippen LogP contribution in [0.2, 0.25) is 0 Å². The van der Waals surface area contributed by atoms with E-state index >= 15 is 0 Å². The molecule has 2 nitrogen and oxygen atoms in total. The summed E-state index contributed by atoms with van der Waals surface area (Å²) in [7, 11) is 0. The summed E-state index contributed by atoms with van der Waals surface area (Å²) in [6.45, 7) is 3.99. The maximum absolute atomic E-state index is 11.8. The number of amides is 1. The minimum atomic E-state index is -0.213. The molecule has 1 aromatic rings. The Morgan fingerprint density at radius 1 is 1.29 bits per heavy atom. The fourth-order valence-electron chi connectivity index (χ4n) is 1.64. The van der Waals surface area contributed by atoms with Gasteiger partial charge in [0.2, 0.25) is 5.91 Å². The molecule has 0 aliphatic carbocycles. The molecule has 0 spiro atoms. The Kier molecular flexibility index (Phi) is 5.49. The van der Waals surface area contributed by atoms with Gasteiger partial charge in [0.1, 0.15) is 0 Å². The molecule has 0 aromatic heterocycles. The highest BCUT2D eigenvalue weighted by Gasteiger charge is 2.19. The molecule has 0 unspecified atom stereocenters. The first-order chi connectivity index (χ1) is 8.03. The minimum Gasteiger partial charge on any atom is -0.351 e. The van der Waals surface area contributed by atoms with Crippen molar-refractivity contribution >= 4 is 17.5 Å². The fraction of sp³-hybridized carbons (Fsp3) is 0.500. The van der Waals surface area contributed by atoms with Crippen molar-refractivity contribution in [2.75, 3.05) is 5.88 Å². The standard InChI is InChI=1S/C14H20ClNO/c1-14(2,10-11-15)16-13(17)9-8-12-6-4-3-5-7-12/h3-7H,8-11H2,1-2H3,(H,16,17). The number of rotatable bonds is 6. The van der Waals surface area contributed by atoms with Crippen LogP contribution in [0.15, 0.2) is 30.3 Å². The Bertz CT molecular complexity index is 348. The highest BCUT2D eigenvalue weighted by molar-refractivity contribution is 6.17. The van der Waals surface area contributed by atoms with Crippen molar-refractivity contribution in [1.82, 2.24) is 5.32 Å². The number of nitrogens with one attached hydrogen (secondary N) is 1. The lowest BCUT2D eigenvalue weighted by Crippen LogP contribution is -2.43. The van der Waals surface area contributed by atoms with Crippen molar-refractivity contribution in [3.05, 3.63) is 35.9 Å². The van der Waals surface area contributed by atoms with E-state index in [0.717, 1.165) is 12.8 Å². The van der Waals surface area contributed by atoms with Gasteiger partial charge in [-0.25, -0.2) is 0 Å². The third-order valence-electron chi connectivity index (χ3n) is 2.68. The van der Waals surface area contributed by atoms with E-state index in [4.69, 9.17) is 11.6 Å². The second-order valence-corrected chi connectivity index (χ2v) is 5.23. The minimum absolute atomic E-state index is 0.0870. The molecule has 1 N–H and O–H groups in total. The molecule has 94 valence electrons. The lowest BCUT2D eigenvalue weighted by Gasteiger charge is -2.25. The van der Waals surface area contributed by atoms with Crippen LogP contribution in [-0.4, -0.2) is 17.3 Å².